The summed E-state index contributed by atoms with van der Waals surface area (Å²) in [5, 5.41) is 0. The lowest BCUT2D eigenvalue weighted by atomic mass is 10.0. The molecule has 0 aromatic heterocycles. The molecule has 0 spiro atoms. The first kappa shape index (κ1) is 21.2. The van der Waals surface area contributed by atoms with Gasteiger partial charge in [-0.25, -0.2) is 4.90 Å². The van der Waals surface area contributed by atoms with E-state index in [1.165, 1.54) is 4.90 Å². The van der Waals surface area contributed by atoms with Gasteiger partial charge in [0.05, 0.1) is 24.5 Å². The van der Waals surface area contributed by atoms with Crippen LogP contribution in [0, 0.1) is 0 Å². The smallest absolute Gasteiger partial charge is 0.282 e. The van der Waals surface area contributed by atoms with E-state index in [0.717, 1.165) is 4.47 Å². The summed E-state index contributed by atoms with van der Waals surface area (Å²) in [6.07, 6.45) is 0. The lowest BCUT2D eigenvalue weighted by Crippen LogP contribution is -2.37. The third-order valence-electron chi connectivity index (χ3n) is 4.64. The monoisotopic (exact) mass is 458 g/mol. The number of amides is 2. The van der Waals surface area contributed by atoms with E-state index in [1.54, 1.807) is 32.4 Å². The van der Waals surface area contributed by atoms with Crippen molar-refractivity contribution < 1.29 is 19.1 Å². The second-order valence-electron chi connectivity index (χ2n) is 6.49. The van der Waals surface area contributed by atoms with E-state index in [1.807, 2.05) is 41.3 Å². The van der Waals surface area contributed by atoms with Crippen LogP contribution in [0.4, 0.5) is 5.69 Å². The molecule has 152 valence electrons. The van der Waals surface area contributed by atoms with Crippen molar-refractivity contribution in [1.29, 1.82) is 0 Å². The molecule has 0 atom stereocenters. The van der Waals surface area contributed by atoms with Crippen molar-refractivity contribution in [3.05, 3.63) is 70.3 Å². The molecule has 0 unspecified atom stereocenters. The van der Waals surface area contributed by atoms with Gasteiger partial charge in [-0.1, -0.05) is 52.3 Å². The summed E-state index contributed by atoms with van der Waals surface area (Å²) in [7, 11) is 3.22. The molecule has 29 heavy (non-hydrogen) atoms. The molecule has 1 aliphatic heterocycles. The minimum atomic E-state index is -0.348. The molecule has 2 aromatic carbocycles. The summed E-state index contributed by atoms with van der Waals surface area (Å²) >= 11 is 3.42. The van der Waals surface area contributed by atoms with E-state index in [-0.39, 0.29) is 11.8 Å². The molecule has 0 saturated carbocycles. The Bertz CT molecular complexity index is 906. The number of anilines is 1. The number of halogens is 1. The van der Waals surface area contributed by atoms with Gasteiger partial charge < -0.3 is 14.4 Å². The van der Waals surface area contributed by atoms with Crippen molar-refractivity contribution in [3.63, 3.8) is 0 Å². The van der Waals surface area contributed by atoms with Crippen LogP contribution in [0.3, 0.4) is 0 Å². The van der Waals surface area contributed by atoms with Gasteiger partial charge in [0.1, 0.15) is 5.70 Å². The van der Waals surface area contributed by atoms with Gasteiger partial charge >= 0.3 is 0 Å². The summed E-state index contributed by atoms with van der Waals surface area (Å²) < 4.78 is 11.2. The van der Waals surface area contributed by atoms with Crippen LogP contribution in [0.1, 0.15) is 5.56 Å². The van der Waals surface area contributed by atoms with E-state index in [9.17, 15) is 9.59 Å². The van der Waals surface area contributed by atoms with E-state index < -0.39 is 0 Å². The van der Waals surface area contributed by atoms with Crippen LogP contribution in [0.15, 0.2) is 64.8 Å². The summed E-state index contributed by atoms with van der Waals surface area (Å²) in [5.41, 5.74) is 1.99. The normalized spacial score (nSPS) is 14.1. The van der Waals surface area contributed by atoms with Crippen LogP contribution in [0.5, 0.6) is 0 Å². The zero-order valence-electron chi connectivity index (χ0n) is 16.4. The Balaban J connectivity index is 2.11. The number of rotatable bonds is 9. The maximum atomic E-state index is 13.5. The Hall–Kier alpha value is -2.48. The van der Waals surface area contributed by atoms with Crippen molar-refractivity contribution in [2.24, 2.45) is 0 Å². The molecule has 1 aliphatic rings. The molecule has 0 N–H and O–H groups in total. The van der Waals surface area contributed by atoms with E-state index in [4.69, 9.17) is 9.47 Å². The molecular weight excluding hydrogens is 436 g/mol. The van der Waals surface area contributed by atoms with Gasteiger partial charge in [0.15, 0.2) is 0 Å². The first-order chi connectivity index (χ1) is 14.1. The first-order valence-corrected chi connectivity index (χ1v) is 10.0. The zero-order chi connectivity index (χ0) is 20.8. The quantitative estimate of drug-likeness (QED) is 0.539. The number of hydrogen-bond donors (Lipinski definition) is 0. The van der Waals surface area contributed by atoms with E-state index in [0.29, 0.717) is 48.8 Å². The average Bonchev–Trinajstić information content (AvgIpc) is 2.99. The molecule has 2 aromatic rings. The molecule has 6 nitrogen and oxygen atoms in total. The largest absolute Gasteiger partial charge is 0.383 e. The fraction of sp³-hybridized carbons (Fsp3) is 0.273. The summed E-state index contributed by atoms with van der Waals surface area (Å²) in [5.74, 6) is -0.687. The van der Waals surface area contributed by atoms with Gasteiger partial charge in [-0.3, -0.25) is 9.59 Å². The van der Waals surface area contributed by atoms with Gasteiger partial charge in [-0.2, -0.15) is 0 Å². The average molecular weight is 459 g/mol. The highest BCUT2D eigenvalue weighted by Gasteiger charge is 2.42. The number of carbonyl (C=O) groups excluding carboxylic acids is 2. The van der Waals surface area contributed by atoms with Crippen LogP contribution in [0.2, 0.25) is 0 Å². The molecule has 1 heterocycles. The van der Waals surface area contributed by atoms with Gasteiger partial charge in [-0.05, 0) is 23.8 Å². The Morgan fingerprint density at radius 2 is 1.55 bits per heavy atom. The molecule has 0 saturated heterocycles. The number of methoxy groups -OCH3 is 2. The number of nitrogens with zero attached hydrogens (tertiary/aromatic N) is 2. The maximum Gasteiger partial charge on any atom is 0.282 e. The number of hydrogen-bond acceptors (Lipinski definition) is 5. The molecule has 0 fully saturated rings. The predicted octanol–water partition coefficient (Wildman–Crippen LogP) is 3.33. The SMILES string of the molecule is COCCN(CCOC)C1=C(c2ccccc2)C(=O)N(c2cccc(Br)c2)C1=O. The molecule has 0 bridgehead atoms. The van der Waals surface area contributed by atoms with Gasteiger partial charge in [0.25, 0.3) is 11.8 Å². The maximum absolute atomic E-state index is 13.5. The van der Waals surface area contributed by atoms with Gasteiger partial charge in [-0.15, -0.1) is 0 Å². The summed E-state index contributed by atoms with van der Waals surface area (Å²) in [4.78, 5) is 30.0. The lowest BCUT2D eigenvalue weighted by molar-refractivity contribution is -0.120. The Labute approximate surface area is 178 Å². The fourth-order valence-electron chi connectivity index (χ4n) is 3.26. The highest BCUT2D eigenvalue weighted by Crippen LogP contribution is 2.35. The molecule has 3 rings (SSSR count). The van der Waals surface area contributed by atoms with Crippen LogP contribution in [-0.4, -0.2) is 57.2 Å². The second-order valence-corrected chi connectivity index (χ2v) is 7.40. The molecular formula is C22H23BrN2O4. The van der Waals surface area contributed by atoms with Gasteiger partial charge in [0, 0.05) is 31.8 Å². The zero-order valence-corrected chi connectivity index (χ0v) is 18.0. The van der Waals surface area contributed by atoms with E-state index in [2.05, 4.69) is 15.9 Å². The molecule has 7 heteroatoms. The number of ether oxygens (including phenoxy) is 2. The number of benzene rings is 2. The summed E-state index contributed by atoms with van der Waals surface area (Å²) in [6, 6.07) is 16.4. The van der Waals surface area contributed by atoms with Crippen LogP contribution in [0.25, 0.3) is 5.57 Å². The molecule has 2 amide bonds. The lowest BCUT2D eigenvalue weighted by Gasteiger charge is -2.25. The molecule has 0 radical (unpaired) electrons. The predicted molar refractivity (Wildman–Crippen MR) is 115 cm³/mol. The highest BCUT2D eigenvalue weighted by molar-refractivity contribution is 9.10. The Morgan fingerprint density at radius 1 is 0.897 bits per heavy atom. The Kier molecular flexibility index (Phi) is 7.19. The number of imide groups is 1. The second kappa shape index (κ2) is 9.82. The fourth-order valence-corrected chi connectivity index (χ4v) is 3.65. The van der Waals surface area contributed by atoms with Crippen molar-refractivity contribution in [2.75, 3.05) is 45.4 Å². The topological polar surface area (TPSA) is 59.1 Å². The van der Waals surface area contributed by atoms with Crippen molar-refractivity contribution in [1.82, 2.24) is 4.90 Å². The minimum absolute atomic E-state index is 0.339. The van der Waals surface area contributed by atoms with Crippen LogP contribution >= 0.6 is 15.9 Å². The standard InChI is InChI=1S/C22H23BrN2O4/c1-28-13-11-24(12-14-29-2)20-19(16-7-4-3-5-8-16)21(26)25(22(20)27)18-10-6-9-17(23)15-18/h3-10,15H,11-14H2,1-2H3. The van der Waals surface area contributed by atoms with Crippen molar-refractivity contribution in [2.45, 2.75) is 0 Å². The van der Waals surface area contributed by atoms with E-state index >= 15 is 0 Å². The molecule has 0 aliphatic carbocycles. The number of carbonyl (C=O) groups is 2. The minimum Gasteiger partial charge on any atom is -0.383 e. The first-order valence-electron chi connectivity index (χ1n) is 9.25. The summed E-state index contributed by atoms with van der Waals surface area (Å²) in [6.45, 7) is 1.79. The van der Waals surface area contributed by atoms with Crippen LogP contribution < -0.4 is 4.90 Å². The van der Waals surface area contributed by atoms with Crippen molar-refractivity contribution in [3.8, 4) is 0 Å². The Morgan fingerprint density at radius 3 is 2.14 bits per heavy atom. The third-order valence-corrected chi connectivity index (χ3v) is 5.13. The van der Waals surface area contributed by atoms with Crippen LogP contribution in [-0.2, 0) is 19.1 Å². The van der Waals surface area contributed by atoms with Gasteiger partial charge in [0.2, 0.25) is 0 Å². The third kappa shape index (κ3) is 4.58. The highest BCUT2D eigenvalue weighted by atomic mass is 79.9. The van der Waals surface area contributed by atoms with Crippen molar-refractivity contribution >= 4 is 39.0 Å².